The molecule has 10 unspecified atom stereocenters. The van der Waals surface area contributed by atoms with Crippen molar-refractivity contribution in [3.8, 4) is 23.0 Å². The van der Waals surface area contributed by atoms with Gasteiger partial charge in [0.25, 0.3) is 0 Å². The van der Waals surface area contributed by atoms with Crippen molar-refractivity contribution in [1.29, 1.82) is 0 Å². The van der Waals surface area contributed by atoms with Crippen LogP contribution in [0.4, 0.5) is 0 Å². The number of methoxy groups -OCH3 is 1. The Kier molecular flexibility index (Phi) is 25.2. The van der Waals surface area contributed by atoms with Gasteiger partial charge in [-0.25, -0.2) is 0 Å². The number of hydrogen-bond acceptors (Lipinski definition) is 10. The first-order valence-electron chi connectivity index (χ1n) is 18.5. The van der Waals surface area contributed by atoms with Crippen molar-refractivity contribution in [1.82, 2.24) is 0 Å². The smallest absolute Gasteiger partial charge is 0.200 e. The van der Waals surface area contributed by atoms with Crippen molar-refractivity contribution >= 4 is 11.6 Å². The van der Waals surface area contributed by atoms with Crippen LogP contribution in [0, 0.1) is 23.7 Å². The molecule has 0 spiro atoms. The zero-order chi connectivity index (χ0) is 40.2. The first-order valence-corrected chi connectivity index (χ1v) is 18.5. The van der Waals surface area contributed by atoms with Gasteiger partial charge in [-0.05, 0) is 101 Å². The number of aromatic hydroxyl groups is 4. The minimum Gasteiger partial charge on any atom is -0.508 e. The molecular formula is C41H70O10. The number of carbonyl (C=O) groups is 2. The van der Waals surface area contributed by atoms with Gasteiger partial charge < -0.3 is 39.7 Å². The molecule has 51 heavy (non-hydrogen) atoms. The van der Waals surface area contributed by atoms with Gasteiger partial charge in [-0.2, -0.15) is 0 Å². The number of aliphatic hydroxyl groups is 1. The second kappa shape index (κ2) is 25.7. The van der Waals surface area contributed by atoms with Gasteiger partial charge in [0.1, 0.15) is 5.75 Å². The molecule has 0 amide bonds. The van der Waals surface area contributed by atoms with Crippen molar-refractivity contribution < 1.29 is 49.3 Å². The lowest BCUT2D eigenvalue weighted by atomic mass is 9.81. The van der Waals surface area contributed by atoms with E-state index >= 15 is 0 Å². The number of phenols is 4. The number of ketones is 2. The van der Waals surface area contributed by atoms with Gasteiger partial charge in [0, 0.05) is 18.2 Å². The Bertz CT molecular complexity index is 1220. The quantitative estimate of drug-likeness (QED) is 0.149. The summed E-state index contributed by atoms with van der Waals surface area (Å²) in [6, 6.07) is 8.37. The molecule has 10 heteroatoms. The fourth-order valence-corrected chi connectivity index (χ4v) is 5.64. The van der Waals surface area contributed by atoms with E-state index in [4.69, 9.17) is 34.6 Å². The van der Waals surface area contributed by atoms with Crippen molar-refractivity contribution in [3.05, 3.63) is 47.5 Å². The van der Waals surface area contributed by atoms with E-state index in [9.17, 15) is 14.7 Å². The molecule has 2 aromatic carbocycles. The first kappa shape index (κ1) is 49.9. The van der Waals surface area contributed by atoms with Crippen LogP contribution in [0.15, 0.2) is 36.4 Å². The minimum atomic E-state index is -0.611. The number of phenolic OH excluding ortho intramolecular Hbond substituents is 4. The molecule has 0 aromatic heterocycles. The number of carbonyl (C=O) groups excluding carboxylic acids is 2. The van der Waals surface area contributed by atoms with Gasteiger partial charge in [-0.15, -0.1) is 0 Å². The maximum atomic E-state index is 10.8. The second-order valence-corrected chi connectivity index (χ2v) is 12.7. The Morgan fingerprint density at radius 2 is 1.04 bits per heavy atom. The highest BCUT2D eigenvalue weighted by Crippen LogP contribution is 2.36. The maximum absolute atomic E-state index is 10.8. The van der Waals surface area contributed by atoms with Gasteiger partial charge in [0.15, 0.2) is 28.8 Å². The Labute approximate surface area is 308 Å². The Hall–Kier alpha value is -3.18. The van der Waals surface area contributed by atoms with E-state index in [1.54, 1.807) is 19.2 Å². The van der Waals surface area contributed by atoms with Crippen LogP contribution >= 0.6 is 0 Å². The maximum Gasteiger partial charge on any atom is 0.200 e. The standard InChI is InChI=1S/C11H22O2.C10H20O2.C8H8O4.C8H8O2.2C2H6/c1-6-10-11(12-5)8(3)7(2)9(4)13-10;1-5-9-10(11)7(3)6(2)8(4)12-9;1-4(9)5-2-6(10)8(12)7(11)3-5;1-6(9)7-2-4-8(10)5-3-7;2*1-2/h7-11H,6H2,1-5H3;6-11H,5H2,1-4H3;2-3,10-12H,1H3;2-5,10H,1H3;2*1-2H3. The summed E-state index contributed by atoms with van der Waals surface area (Å²) in [6.45, 7) is 28.0. The highest BCUT2D eigenvalue weighted by atomic mass is 16.5. The first-order chi connectivity index (χ1) is 23.9. The summed E-state index contributed by atoms with van der Waals surface area (Å²) >= 11 is 0. The molecule has 2 aliphatic rings. The largest absolute Gasteiger partial charge is 0.508 e. The summed E-state index contributed by atoms with van der Waals surface area (Å²) in [6.07, 6.45) is 2.93. The van der Waals surface area contributed by atoms with Crippen LogP contribution < -0.4 is 0 Å². The summed E-state index contributed by atoms with van der Waals surface area (Å²) < 4.78 is 17.1. The number of rotatable bonds is 5. The molecule has 2 fully saturated rings. The van der Waals surface area contributed by atoms with Crippen LogP contribution in [0.5, 0.6) is 23.0 Å². The van der Waals surface area contributed by atoms with E-state index in [-0.39, 0.29) is 53.4 Å². The van der Waals surface area contributed by atoms with E-state index in [0.29, 0.717) is 35.3 Å². The topological polar surface area (TPSA) is 163 Å². The second-order valence-electron chi connectivity index (χ2n) is 12.7. The molecule has 0 saturated carbocycles. The van der Waals surface area contributed by atoms with E-state index in [0.717, 1.165) is 25.0 Å². The SMILES string of the molecule is CC.CC.CC(=O)c1cc(O)c(O)c(O)c1.CC(=O)c1ccc(O)cc1.CCC1OC(C)C(C)C(C)C1O.CCC1OC(C)C(C)C(C)C1OC. The lowest BCUT2D eigenvalue weighted by Gasteiger charge is -2.43. The van der Waals surface area contributed by atoms with Crippen LogP contribution in [-0.4, -0.2) is 80.8 Å². The Morgan fingerprint density at radius 3 is 1.41 bits per heavy atom. The zero-order valence-electron chi connectivity index (χ0n) is 33.9. The van der Waals surface area contributed by atoms with Crippen LogP contribution in [0.3, 0.4) is 0 Å². The highest BCUT2D eigenvalue weighted by molar-refractivity contribution is 5.95. The number of aliphatic hydroxyl groups excluding tert-OH is 1. The third-order valence-corrected chi connectivity index (χ3v) is 9.55. The molecule has 2 aliphatic heterocycles. The van der Waals surface area contributed by atoms with E-state index in [1.807, 2.05) is 27.7 Å². The van der Waals surface area contributed by atoms with Crippen LogP contribution in [0.1, 0.15) is 130 Å². The lowest BCUT2D eigenvalue weighted by molar-refractivity contribution is -0.172. The molecule has 0 bridgehead atoms. The summed E-state index contributed by atoms with van der Waals surface area (Å²) in [4.78, 5) is 21.4. The predicted octanol–water partition coefficient (Wildman–Crippen LogP) is 8.94. The Balaban J connectivity index is 0. The summed E-state index contributed by atoms with van der Waals surface area (Å²) in [7, 11) is 1.79. The number of benzene rings is 2. The molecule has 2 saturated heterocycles. The fourth-order valence-electron chi connectivity index (χ4n) is 5.64. The van der Waals surface area contributed by atoms with Crippen molar-refractivity contribution in [2.45, 2.75) is 146 Å². The molecule has 294 valence electrons. The van der Waals surface area contributed by atoms with Crippen molar-refractivity contribution in [3.63, 3.8) is 0 Å². The summed E-state index contributed by atoms with van der Waals surface area (Å²) in [5.41, 5.74) is 0.778. The molecular weight excluding hydrogens is 652 g/mol. The average molecular weight is 723 g/mol. The molecule has 10 nitrogen and oxygen atoms in total. The van der Waals surface area contributed by atoms with Crippen LogP contribution in [-0.2, 0) is 14.2 Å². The van der Waals surface area contributed by atoms with Gasteiger partial charge in [-0.1, -0.05) is 69.2 Å². The summed E-state index contributed by atoms with van der Waals surface area (Å²) in [5.74, 6) is 0.305. The third kappa shape index (κ3) is 15.9. The van der Waals surface area contributed by atoms with Crippen LogP contribution in [0.25, 0.3) is 0 Å². The van der Waals surface area contributed by atoms with Gasteiger partial charge in [-0.3, -0.25) is 9.59 Å². The molecule has 5 N–H and O–H groups in total. The molecule has 2 aromatic rings. The number of ether oxygens (including phenoxy) is 3. The fraction of sp³-hybridized carbons (Fsp3) is 0.659. The summed E-state index contributed by atoms with van der Waals surface area (Å²) in [5, 5.41) is 45.5. The van der Waals surface area contributed by atoms with Gasteiger partial charge in [0.05, 0.1) is 36.6 Å². The molecule has 0 radical (unpaired) electrons. The van der Waals surface area contributed by atoms with E-state index in [1.165, 1.54) is 26.0 Å². The average Bonchev–Trinajstić information content (AvgIpc) is 3.12. The molecule has 0 aliphatic carbocycles. The van der Waals surface area contributed by atoms with Crippen molar-refractivity contribution in [2.75, 3.05) is 7.11 Å². The van der Waals surface area contributed by atoms with E-state index < -0.39 is 17.2 Å². The van der Waals surface area contributed by atoms with Crippen LogP contribution in [0.2, 0.25) is 0 Å². The van der Waals surface area contributed by atoms with Gasteiger partial charge >= 0.3 is 0 Å². The Morgan fingerprint density at radius 1 is 0.647 bits per heavy atom. The lowest BCUT2D eigenvalue weighted by Crippen LogP contribution is -2.48. The minimum absolute atomic E-state index is 0.0139. The van der Waals surface area contributed by atoms with Gasteiger partial charge in [0.2, 0.25) is 0 Å². The zero-order valence-corrected chi connectivity index (χ0v) is 33.9. The normalized spacial score (nSPS) is 27.8. The van der Waals surface area contributed by atoms with E-state index in [2.05, 4.69) is 55.4 Å². The third-order valence-electron chi connectivity index (χ3n) is 9.55. The monoisotopic (exact) mass is 722 g/mol. The molecule has 2 heterocycles. The number of Topliss-reactive ketones (excluding diaryl/α,β-unsaturated/α-hetero) is 2. The number of hydrogen-bond donors (Lipinski definition) is 5. The predicted molar refractivity (Wildman–Crippen MR) is 205 cm³/mol. The molecule has 4 rings (SSSR count). The van der Waals surface area contributed by atoms with Crippen molar-refractivity contribution in [2.24, 2.45) is 23.7 Å². The highest BCUT2D eigenvalue weighted by Gasteiger charge is 2.39. The molecule has 10 atom stereocenters.